The predicted octanol–water partition coefficient (Wildman–Crippen LogP) is 3.34. The van der Waals surface area contributed by atoms with E-state index in [0.717, 1.165) is 24.6 Å². The third-order valence-electron chi connectivity index (χ3n) is 17.2. The third-order valence-corrected chi connectivity index (χ3v) is 25.4. The van der Waals surface area contributed by atoms with Gasteiger partial charge in [0.1, 0.15) is 72.1 Å². The number of halogens is 2. The lowest BCUT2D eigenvalue weighted by Crippen LogP contribution is -2.32. The Morgan fingerprint density at radius 3 is 1.11 bits per heavy atom. The Kier molecular flexibility index (Phi) is 25.5. The molecule has 0 spiro atoms. The highest BCUT2D eigenvalue weighted by atomic mass is 127. The fourth-order valence-electron chi connectivity index (χ4n) is 12.0. The van der Waals surface area contributed by atoms with Crippen LogP contribution in [0.1, 0.15) is 73.9 Å². The Morgan fingerprint density at radius 2 is 0.743 bits per heavy atom. The number of nitrogens with zero attached hydrogens (tertiary/aromatic N) is 11. The van der Waals surface area contributed by atoms with Crippen molar-refractivity contribution in [3.8, 4) is 0 Å². The van der Waals surface area contributed by atoms with Crippen LogP contribution < -0.4 is 22.2 Å². The summed E-state index contributed by atoms with van der Waals surface area (Å²) in [6.45, 7) is 18.5. The average Bonchev–Trinajstić information content (AvgIpc) is 1.63. The number of fused-ring (bicyclic) bond motifs is 4. The molecule has 0 aromatic carbocycles. The van der Waals surface area contributed by atoms with Gasteiger partial charge in [0.15, 0.2) is 88.1 Å². The van der Waals surface area contributed by atoms with Crippen molar-refractivity contribution in [2.45, 2.75) is 157 Å². The highest BCUT2D eigenvalue weighted by Crippen LogP contribution is 2.45. The summed E-state index contributed by atoms with van der Waals surface area (Å²) >= 11 is 11.9. The summed E-state index contributed by atoms with van der Waals surface area (Å²) in [5, 5.41) is 84.2. The van der Waals surface area contributed by atoms with Gasteiger partial charge in [0, 0.05) is 22.6 Å². The molecule has 101 heavy (non-hydrogen) atoms. The molecule has 0 aliphatic carbocycles. The molecule has 4 aliphatic heterocycles. The molecule has 0 amide bonds. The monoisotopic (exact) mass is 1700 g/mol. The van der Waals surface area contributed by atoms with Gasteiger partial charge in [0.25, 0.3) is 22.2 Å². The molecule has 0 radical (unpaired) electrons. The number of imidazole rings is 4. The van der Waals surface area contributed by atoms with Gasteiger partial charge in [0.05, 0.1) is 24.4 Å². The molecule has 0 saturated carbocycles. The summed E-state index contributed by atoms with van der Waals surface area (Å²) in [4.78, 5) is 91.6. The van der Waals surface area contributed by atoms with Crippen molar-refractivity contribution < 1.29 is 59.8 Å². The number of nitrogens with one attached hydrogen (secondary N) is 5. The quantitative estimate of drug-likeness (QED) is 0.0204. The molecule has 4 unspecified atom stereocenters. The Hall–Kier alpha value is -4.10. The maximum Gasteiger partial charge on any atom is 0.279 e. The Morgan fingerprint density at radius 1 is 0.446 bits per heavy atom. The Bertz CT molecular complexity index is 4750. The molecule has 4 aliphatic rings. The maximum absolute atomic E-state index is 12.2. The van der Waals surface area contributed by atoms with Gasteiger partial charge in [-0.15, -0.1) is 52.7 Å². The molecule has 4 saturated heterocycles. The van der Waals surface area contributed by atoms with Gasteiger partial charge in [-0.25, -0.2) is 34.9 Å². The van der Waals surface area contributed by atoms with E-state index in [4.69, 9.17) is 31.2 Å². The molecule has 40 heteroatoms. The molecule has 0 bridgehead atoms. The maximum atomic E-state index is 12.2. The van der Waals surface area contributed by atoms with E-state index >= 15 is 0 Å². The Balaban J connectivity index is 0.000000157. The van der Waals surface area contributed by atoms with Crippen LogP contribution in [0.5, 0.6) is 0 Å². The van der Waals surface area contributed by atoms with Gasteiger partial charge >= 0.3 is 0 Å². The summed E-state index contributed by atoms with van der Waals surface area (Å²) in [7, 11) is 0. The van der Waals surface area contributed by atoms with Crippen LogP contribution in [0.25, 0.3) is 44.7 Å². The number of thioether (sulfide) groups is 1. The summed E-state index contributed by atoms with van der Waals surface area (Å²) in [6.07, 6.45) is 10.2. The first-order chi connectivity index (χ1) is 46.9. The van der Waals surface area contributed by atoms with Crippen molar-refractivity contribution in [1.82, 2.24) is 78.1 Å². The van der Waals surface area contributed by atoms with Crippen LogP contribution >= 0.6 is 90.0 Å². The standard InChI is InChI=1S/C16H25N4O4PS.C15H22BrN4O4P.C15H22IN4O4P.C15H23N4O4PS/c1-8-17-13-10(14(23)18-8)19-16(26-5)20(13)15-12(22)11(21)9(24-15)6-7-25(2,3)4;2*1-7-17-12-9(13(23)18-7)19-15(16)20(12)14-11(22)10(21)8(24-14)5-6-25(2,3)4;1-7-16-12-9(13(22)17-7)18-15(25)19(12)14-11(21)10(20)8(23-14)5-6-24(2,3)4/h9,11-12,15,21-22H,2,6-7H2,1,3-5H3,(H,17,18,23);2*8,10-11,14,21-22H,2,5-6H2,1,3-4H3,(H,17,18,23);8,10-11,14,20-21H,2,5-6H2,1,3-4H3,(H,18,25)(H,16,17,22)/t9-,11-,12-,15?;3*8-,10-,11-,14?/m1111/s1. The van der Waals surface area contributed by atoms with E-state index in [-0.39, 0.29) is 49.1 Å². The van der Waals surface area contributed by atoms with Crippen molar-refractivity contribution >= 4 is 160 Å². The minimum absolute atomic E-state index is 0.149. The van der Waals surface area contributed by atoms with Gasteiger partial charge in [0.2, 0.25) is 0 Å². The van der Waals surface area contributed by atoms with Crippen LogP contribution in [0.3, 0.4) is 0 Å². The first kappa shape index (κ1) is 81.0. The zero-order chi connectivity index (χ0) is 74.8. The van der Waals surface area contributed by atoms with E-state index in [2.05, 4.69) is 154 Å². The number of aryl methyl sites for hydroxylation is 4. The molecule has 4 fully saturated rings. The number of rotatable bonds is 17. The van der Waals surface area contributed by atoms with Crippen molar-refractivity contribution in [3.05, 3.63) is 78.0 Å². The van der Waals surface area contributed by atoms with E-state index in [1.807, 2.05) is 28.8 Å². The van der Waals surface area contributed by atoms with Gasteiger partial charge in [-0.3, -0.25) is 37.4 Å². The van der Waals surface area contributed by atoms with Crippen LogP contribution in [0, 0.1) is 36.3 Å². The van der Waals surface area contributed by atoms with Gasteiger partial charge < -0.3 is 84.7 Å². The number of hydrogen-bond donors (Lipinski definition) is 13. The second kappa shape index (κ2) is 31.8. The molecule has 32 nitrogen and oxygen atoms in total. The number of aliphatic hydroxyl groups excluding tert-OH is 8. The predicted molar refractivity (Wildman–Crippen MR) is 416 cm³/mol. The van der Waals surface area contributed by atoms with E-state index < -0.39 is 126 Å². The summed E-state index contributed by atoms with van der Waals surface area (Å²) in [5.41, 5.74) is 0.642. The Labute approximate surface area is 612 Å². The van der Waals surface area contributed by atoms with E-state index in [9.17, 15) is 60.0 Å². The van der Waals surface area contributed by atoms with Crippen LogP contribution in [0.15, 0.2) is 29.1 Å². The average molecular weight is 1700 g/mol. The molecule has 12 rings (SSSR count). The zero-order valence-corrected chi connectivity index (χ0v) is 67.3. The minimum Gasteiger partial charge on any atom is -0.388 e. The normalized spacial score (nSPS) is 27.1. The third kappa shape index (κ3) is 18.5. The first-order valence-electron chi connectivity index (χ1n) is 32.2. The largest absolute Gasteiger partial charge is 0.388 e. The van der Waals surface area contributed by atoms with Crippen LogP contribution in [0.4, 0.5) is 0 Å². The smallest absolute Gasteiger partial charge is 0.279 e. The number of hydrogen-bond acceptors (Lipinski definition) is 25. The lowest BCUT2D eigenvalue weighted by atomic mass is 10.1. The minimum atomic E-state index is -1.27. The fraction of sp³-hybridized carbons (Fsp3) is 0.607. The lowest BCUT2D eigenvalue weighted by molar-refractivity contribution is -0.0400. The van der Waals surface area contributed by atoms with Crippen LogP contribution in [-0.4, -0.2) is 302 Å². The van der Waals surface area contributed by atoms with Crippen molar-refractivity contribution in [2.24, 2.45) is 0 Å². The van der Waals surface area contributed by atoms with Gasteiger partial charge in [-0.1, -0.05) is 11.8 Å². The number of H-pyrrole nitrogens is 5. The number of aromatic amines is 5. The van der Waals surface area contributed by atoms with E-state index in [0.29, 0.717) is 85.3 Å². The zero-order valence-electron chi connectivity index (χ0n) is 58.3. The molecule has 13 N–H and O–H groups in total. The number of aromatic nitrogens is 16. The molecule has 558 valence electrons. The summed E-state index contributed by atoms with van der Waals surface area (Å²) in [5.74, 6) is 1.75. The second-order valence-corrected chi connectivity index (χ2v) is 48.7. The van der Waals surface area contributed by atoms with Crippen molar-refractivity contribution in [3.63, 3.8) is 0 Å². The van der Waals surface area contributed by atoms with Crippen LogP contribution in [0.2, 0.25) is 0 Å². The van der Waals surface area contributed by atoms with E-state index in [1.165, 1.54) is 20.9 Å². The molecule has 8 aromatic rings. The first-order valence-corrected chi connectivity index (χ1v) is 47.9. The topological polar surface area (TPSA) is 456 Å². The highest BCUT2D eigenvalue weighted by Gasteiger charge is 2.49. The van der Waals surface area contributed by atoms with Crippen molar-refractivity contribution in [1.29, 1.82) is 0 Å². The number of ether oxygens (including phenoxy) is 4. The van der Waals surface area contributed by atoms with Gasteiger partial charge in [-0.05, 0) is 166 Å². The molecular weight excluding hydrogens is 1610 g/mol. The lowest BCUT2D eigenvalue weighted by Gasteiger charge is -2.19. The number of aliphatic hydroxyl groups is 8. The molecule has 12 heterocycles. The van der Waals surface area contributed by atoms with E-state index in [1.54, 1.807) is 36.8 Å². The molecule has 16 atom stereocenters. The second-order valence-electron chi connectivity index (χ2n) is 28.6. The van der Waals surface area contributed by atoms with Gasteiger partial charge in [-0.2, -0.15) is 0 Å². The SMILES string of the molecule is C=P(C)(C)CC[C@H]1OC(n2c(=S)[nH]c3c(=O)[nH]c(C)nc32)[C@H](O)[C@@H]1O.C=P(C)(C)CC[C@H]1OC(n2c(Br)nc3c(=O)[nH]c(C)nc32)[C@H](O)[C@@H]1O.C=P(C)(C)CC[C@H]1OC(n2c(I)nc3c(=O)[nH]c(C)nc32)[C@H](O)[C@@H]1O.C=P(C)(C)CC[C@H]1OC(n2c(SC)nc3c(=O)[nH]c(C)nc32)[C@H](O)[C@@H]1O. The van der Waals surface area contributed by atoms with Crippen molar-refractivity contribution in [2.75, 3.05) is 84.2 Å². The fourth-order valence-corrected chi connectivity index (χ4v) is 18.0. The summed E-state index contributed by atoms with van der Waals surface area (Å²) in [6, 6.07) is 0. The highest BCUT2D eigenvalue weighted by molar-refractivity contribution is 14.1. The molecule has 8 aromatic heterocycles. The summed E-state index contributed by atoms with van der Waals surface area (Å²) < 4.78 is 30.9. The molecular formula is C61H92BrIN16O16P4S2. The van der Waals surface area contributed by atoms with Crippen LogP contribution in [-0.2, 0) is 18.9 Å².